The number of aliphatic carboxylic acids is 2. The first-order valence-corrected chi connectivity index (χ1v) is 15.2. The Labute approximate surface area is 258 Å². The molecule has 1 fully saturated rings. The van der Waals surface area contributed by atoms with Gasteiger partial charge >= 0.3 is 11.9 Å². The number of nitrogens with zero attached hydrogens (tertiary/aromatic N) is 9. The van der Waals surface area contributed by atoms with Crippen LogP contribution >= 0.6 is 0 Å². The summed E-state index contributed by atoms with van der Waals surface area (Å²) in [5.41, 5.74) is 4.84. The fraction of sp³-hybridized carbons (Fsp3) is 0.548. The van der Waals surface area contributed by atoms with Gasteiger partial charge < -0.3 is 10.2 Å². The lowest BCUT2D eigenvalue weighted by atomic mass is 9.90. The van der Waals surface area contributed by atoms with Gasteiger partial charge in [-0.25, -0.2) is 9.67 Å². The lowest BCUT2D eigenvalue weighted by Crippen LogP contribution is -2.47. The minimum Gasteiger partial charge on any atom is -0.480 e. The van der Waals surface area contributed by atoms with Crippen molar-refractivity contribution in [1.82, 2.24) is 44.6 Å². The van der Waals surface area contributed by atoms with E-state index < -0.39 is 11.9 Å². The fourth-order valence-electron chi connectivity index (χ4n) is 5.79. The van der Waals surface area contributed by atoms with E-state index >= 15 is 0 Å². The molecule has 1 saturated heterocycles. The second-order valence-corrected chi connectivity index (χ2v) is 12.7. The van der Waals surface area contributed by atoms with Gasteiger partial charge in [0.1, 0.15) is 5.69 Å². The second kappa shape index (κ2) is 13.9. The summed E-state index contributed by atoms with van der Waals surface area (Å²) in [6.45, 7) is 12.6. The number of fused-ring (bicyclic) bond motifs is 8. The van der Waals surface area contributed by atoms with E-state index in [0.717, 1.165) is 34.2 Å². The Balaban J connectivity index is 1.60. The maximum absolute atomic E-state index is 11.8. The first-order valence-electron chi connectivity index (χ1n) is 15.2. The average molecular weight is 606 g/mol. The van der Waals surface area contributed by atoms with Crippen molar-refractivity contribution in [2.75, 3.05) is 65.4 Å². The summed E-state index contributed by atoms with van der Waals surface area (Å²) in [6.07, 6.45) is 0. The van der Waals surface area contributed by atoms with E-state index in [-0.39, 0.29) is 18.5 Å². The van der Waals surface area contributed by atoms with Gasteiger partial charge in [-0.1, -0.05) is 38.1 Å². The summed E-state index contributed by atoms with van der Waals surface area (Å²) in [5.74, 6) is -1.71. The van der Waals surface area contributed by atoms with Gasteiger partial charge in [0.15, 0.2) is 0 Å². The van der Waals surface area contributed by atoms with Gasteiger partial charge in [-0.3, -0.25) is 34.2 Å². The zero-order chi connectivity index (χ0) is 31.3. The number of carboxylic acid groups (broad SMARTS) is 2. The molecular weight excluding hydrogens is 562 g/mol. The molecule has 236 valence electrons. The van der Waals surface area contributed by atoms with Crippen molar-refractivity contribution < 1.29 is 19.8 Å². The predicted octanol–water partition coefficient (Wildman–Crippen LogP) is 1.49. The molecule has 6 rings (SSSR count). The smallest absolute Gasteiger partial charge is 0.317 e. The van der Waals surface area contributed by atoms with E-state index in [1.54, 1.807) is 0 Å². The third kappa shape index (κ3) is 8.44. The quantitative estimate of drug-likeness (QED) is 0.445. The minimum atomic E-state index is -0.853. The molecule has 13 nitrogen and oxygen atoms in total. The van der Waals surface area contributed by atoms with Crippen molar-refractivity contribution in [3.63, 3.8) is 0 Å². The molecule has 2 N–H and O–H groups in total. The van der Waals surface area contributed by atoms with Crippen LogP contribution in [0.5, 0.6) is 0 Å². The number of pyridine rings is 2. The molecule has 0 atom stereocenters. The summed E-state index contributed by atoms with van der Waals surface area (Å²) in [4.78, 5) is 42.0. The van der Waals surface area contributed by atoms with Crippen LogP contribution in [-0.2, 0) is 34.6 Å². The summed E-state index contributed by atoms with van der Waals surface area (Å²) < 4.78 is 1.90. The number of aromatic nitrogens is 5. The minimum absolute atomic E-state index is 0.0408. The zero-order valence-corrected chi connectivity index (χ0v) is 25.9. The predicted molar refractivity (Wildman–Crippen MR) is 164 cm³/mol. The molecule has 0 saturated carbocycles. The lowest BCUT2D eigenvalue weighted by molar-refractivity contribution is -0.139. The van der Waals surface area contributed by atoms with Gasteiger partial charge in [0, 0.05) is 70.9 Å². The summed E-state index contributed by atoms with van der Waals surface area (Å²) in [5, 5.41) is 28.5. The standard InChI is InChI=1S/C31H43N9O4/c1-31(2,3)30-29-26-9-5-8-24(33-26)19-37-12-16-38(21-27(41)42)14-10-36(11-15-39(17-13-37)22-28(43)44)18-23-6-4-7-25(32-23)20-40(29)35-34-30/h4-9H,10-22H2,1-3H3,(H,41,42)(H,43,44). The molecule has 13 heteroatoms. The Hall–Kier alpha value is -3.78. The molecule has 3 aromatic heterocycles. The van der Waals surface area contributed by atoms with Gasteiger partial charge in [0.2, 0.25) is 0 Å². The molecule has 0 spiro atoms. The van der Waals surface area contributed by atoms with E-state index in [2.05, 4.69) is 40.9 Å². The molecule has 6 bridgehead atoms. The van der Waals surface area contributed by atoms with Crippen molar-refractivity contribution in [2.45, 2.75) is 45.8 Å². The van der Waals surface area contributed by atoms with Crippen LogP contribution in [0, 0.1) is 0 Å². The monoisotopic (exact) mass is 605 g/mol. The van der Waals surface area contributed by atoms with E-state index in [0.29, 0.717) is 72.0 Å². The molecule has 0 aliphatic carbocycles. The molecule has 3 aliphatic heterocycles. The molecule has 0 aromatic carbocycles. The highest BCUT2D eigenvalue weighted by molar-refractivity contribution is 5.69. The van der Waals surface area contributed by atoms with E-state index in [1.165, 1.54) is 0 Å². The van der Waals surface area contributed by atoms with Crippen molar-refractivity contribution in [3.05, 3.63) is 59.2 Å². The Morgan fingerprint density at radius 1 is 0.705 bits per heavy atom. The Bertz CT molecular complexity index is 1420. The third-order valence-electron chi connectivity index (χ3n) is 8.09. The van der Waals surface area contributed by atoms with E-state index in [4.69, 9.17) is 9.97 Å². The Kier molecular flexibility index (Phi) is 9.99. The van der Waals surface area contributed by atoms with Crippen LogP contribution in [0.1, 0.15) is 43.5 Å². The van der Waals surface area contributed by atoms with E-state index in [9.17, 15) is 19.8 Å². The number of carboxylic acids is 2. The van der Waals surface area contributed by atoms with Crippen LogP contribution in [0.25, 0.3) is 11.4 Å². The van der Waals surface area contributed by atoms with Crippen LogP contribution in [0.15, 0.2) is 36.4 Å². The highest BCUT2D eigenvalue weighted by atomic mass is 16.4. The Morgan fingerprint density at radius 2 is 1.18 bits per heavy atom. The zero-order valence-electron chi connectivity index (χ0n) is 25.9. The van der Waals surface area contributed by atoms with Crippen molar-refractivity contribution in [3.8, 4) is 11.4 Å². The van der Waals surface area contributed by atoms with Crippen LogP contribution < -0.4 is 0 Å². The lowest BCUT2D eigenvalue weighted by Gasteiger charge is -2.33. The number of hydrogen-bond donors (Lipinski definition) is 2. The summed E-state index contributed by atoms with van der Waals surface area (Å²) in [6, 6.07) is 12.0. The normalized spacial score (nSPS) is 20.9. The summed E-state index contributed by atoms with van der Waals surface area (Å²) in [7, 11) is 0. The molecule has 44 heavy (non-hydrogen) atoms. The molecule has 0 amide bonds. The average Bonchev–Trinajstić information content (AvgIpc) is 3.38. The Morgan fingerprint density at radius 3 is 1.68 bits per heavy atom. The molecule has 6 heterocycles. The largest absolute Gasteiger partial charge is 0.480 e. The summed E-state index contributed by atoms with van der Waals surface area (Å²) >= 11 is 0. The highest BCUT2D eigenvalue weighted by Crippen LogP contribution is 2.31. The second-order valence-electron chi connectivity index (χ2n) is 12.7. The highest BCUT2D eigenvalue weighted by Gasteiger charge is 2.27. The number of rotatable bonds is 4. The number of hydrogen-bond acceptors (Lipinski definition) is 10. The van der Waals surface area contributed by atoms with E-state index in [1.807, 2.05) is 50.9 Å². The number of carbonyl (C=O) groups is 2. The molecule has 0 unspecified atom stereocenters. The first-order chi connectivity index (χ1) is 21.0. The van der Waals surface area contributed by atoms with Gasteiger partial charge in [-0.2, -0.15) is 0 Å². The maximum atomic E-state index is 11.8. The third-order valence-corrected chi connectivity index (χ3v) is 8.09. The molecule has 0 radical (unpaired) electrons. The van der Waals surface area contributed by atoms with Gasteiger partial charge in [0.05, 0.1) is 48.1 Å². The molecule has 3 aliphatic rings. The fourth-order valence-corrected chi connectivity index (χ4v) is 5.79. The van der Waals surface area contributed by atoms with Gasteiger partial charge in [-0.05, 0) is 24.3 Å². The van der Waals surface area contributed by atoms with Crippen LogP contribution in [-0.4, -0.2) is 132 Å². The molecular formula is C31H43N9O4. The van der Waals surface area contributed by atoms with Crippen molar-refractivity contribution >= 4 is 11.9 Å². The SMILES string of the molecule is CC(C)(C)c1nnn2c1-c1cccc(n1)CN1CCN(CC(=O)O)CCN(CCN(CC(=O)O)CC1)Cc1cccc(n1)C2. The van der Waals surface area contributed by atoms with Gasteiger partial charge in [-0.15, -0.1) is 5.10 Å². The van der Waals surface area contributed by atoms with Crippen LogP contribution in [0.2, 0.25) is 0 Å². The maximum Gasteiger partial charge on any atom is 0.317 e. The van der Waals surface area contributed by atoms with Crippen LogP contribution in [0.4, 0.5) is 0 Å². The topological polar surface area (TPSA) is 144 Å². The first kappa shape index (κ1) is 31.6. The van der Waals surface area contributed by atoms with Crippen molar-refractivity contribution in [1.29, 1.82) is 0 Å². The van der Waals surface area contributed by atoms with Crippen molar-refractivity contribution in [2.24, 2.45) is 0 Å². The van der Waals surface area contributed by atoms with Crippen LogP contribution in [0.3, 0.4) is 0 Å². The molecule has 3 aromatic rings. The van der Waals surface area contributed by atoms with Gasteiger partial charge in [0.25, 0.3) is 0 Å².